The minimum atomic E-state index is -3.69. The second-order valence-electron chi connectivity index (χ2n) is 4.73. The monoisotopic (exact) mass is 284 g/mol. The molecule has 106 valence electrons. The number of hydrogen-bond acceptors (Lipinski definition) is 4. The van der Waals surface area contributed by atoms with Gasteiger partial charge >= 0.3 is 5.97 Å². The van der Waals surface area contributed by atoms with Crippen LogP contribution < -0.4 is 0 Å². The fourth-order valence-corrected chi connectivity index (χ4v) is 3.61. The third kappa shape index (κ3) is 4.06. The second kappa shape index (κ2) is 6.70. The SMILES string of the molecule is CCOC(=O)C(CC(C)C)S(=O)(=O)c1ccccc1. The van der Waals surface area contributed by atoms with E-state index in [1.54, 1.807) is 25.1 Å². The fourth-order valence-electron chi connectivity index (χ4n) is 1.79. The van der Waals surface area contributed by atoms with Gasteiger partial charge in [-0.25, -0.2) is 8.42 Å². The Kier molecular flexibility index (Phi) is 5.54. The average Bonchev–Trinajstić information content (AvgIpc) is 2.37. The van der Waals surface area contributed by atoms with Crippen molar-refractivity contribution >= 4 is 15.8 Å². The summed E-state index contributed by atoms with van der Waals surface area (Å²) in [6, 6.07) is 8.03. The van der Waals surface area contributed by atoms with Crippen LogP contribution in [-0.4, -0.2) is 26.2 Å². The quantitative estimate of drug-likeness (QED) is 0.753. The van der Waals surface area contributed by atoms with Crippen LogP contribution in [0.25, 0.3) is 0 Å². The van der Waals surface area contributed by atoms with Gasteiger partial charge in [0.1, 0.15) is 0 Å². The number of esters is 1. The smallest absolute Gasteiger partial charge is 0.324 e. The standard InChI is InChI=1S/C14H20O4S/c1-4-18-14(15)13(10-11(2)3)19(16,17)12-8-6-5-7-9-12/h5-9,11,13H,4,10H2,1-3H3. The van der Waals surface area contributed by atoms with E-state index in [0.29, 0.717) is 0 Å². The van der Waals surface area contributed by atoms with Crippen LogP contribution in [0.3, 0.4) is 0 Å². The highest BCUT2D eigenvalue weighted by molar-refractivity contribution is 7.92. The Hall–Kier alpha value is -1.36. The van der Waals surface area contributed by atoms with Crippen molar-refractivity contribution in [2.24, 2.45) is 5.92 Å². The summed E-state index contributed by atoms with van der Waals surface area (Å²) < 4.78 is 29.9. The molecule has 5 heteroatoms. The molecule has 1 aromatic carbocycles. The number of carbonyl (C=O) groups excluding carboxylic acids is 1. The Morgan fingerprint density at radius 3 is 2.26 bits per heavy atom. The van der Waals surface area contributed by atoms with Gasteiger partial charge < -0.3 is 4.74 Å². The molecule has 0 spiro atoms. The van der Waals surface area contributed by atoms with Crippen LogP contribution in [0.15, 0.2) is 35.2 Å². The molecule has 0 radical (unpaired) electrons. The molecule has 0 aliphatic heterocycles. The van der Waals surface area contributed by atoms with Crippen LogP contribution in [-0.2, 0) is 19.4 Å². The first-order valence-electron chi connectivity index (χ1n) is 6.35. The van der Waals surface area contributed by atoms with Gasteiger partial charge in [0.2, 0.25) is 0 Å². The minimum Gasteiger partial charge on any atom is -0.465 e. The topological polar surface area (TPSA) is 60.4 Å². The zero-order valence-electron chi connectivity index (χ0n) is 11.5. The Bertz CT molecular complexity index is 506. The van der Waals surface area contributed by atoms with E-state index < -0.39 is 21.1 Å². The molecule has 1 aromatic rings. The molecule has 1 atom stereocenters. The third-order valence-corrected chi connectivity index (χ3v) is 4.74. The molecule has 1 rings (SSSR count). The van der Waals surface area contributed by atoms with Gasteiger partial charge in [-0.1, -0.05) is 32.0 Å². The summed E-state index contributed by atoms with van der Waals surface area (Å²) in [7, 11) is -3.69. The van der Waals surface area contributed by atoms with Gasteiger partial charge in [0.05, 0.1) is 11.5 Å². The largest absolute Gasteiger partial charge is 0.465 e. The molecule has 0 fully saturated rings. The van der Waals surface area contributed by atoms with E-state index in [1.807, 2.05) is 13.8 Å². The van der Waals surface area contributed by atoms with E-state index in [2.05, 4.69) is 0 Å². The van der Waals surface area contributed by atoms with Crippen LogP contribution in [0.2, 0.25) is 0 Å². The van der Waals surface area contributed by atoms with E-state index in [9.17, 15) is 13.2 Å². The van der Waals surface area contributed by atoms with Crippen molar-refractivity contribution < 1.29 is 17.9 Å². The van der Waals surface area contributed by atoms with E-state index in [4.69, 9.17) is 4.74 Å². The van der Waals surface area contributed by atoms with Crippen molar-refractivity contribution in [1.29, 1.82) is 0 Å². The first-order chi connectivity index (χ1) is 8.89. The summed E-state index contributed by atoms with van der Waals surface area (Å²) in [5, 5.41) is -1.13. The lowest BCUT2D eigenvalue weighted by atomic mass is 10.1. The molecule has 0 saturated heterocycles. The summed E-state index contributed by atoms with van der Waals surface area (Å²) in [5.41, 5.74) is 0. The van der Waals surface area contributed by atoms with Crippen molar-refractivity contribution in [3.8, 4) is 0 Å². The zero-order chi connectivity index (χ0) is 14.5. The molecule has 19 heavy (non-hydrogen) atoms. The lowest BCUT2D eigenvalue weighted by molar-refractivity contribution is -0.142. The first-order valence-corrected chi connectivity index (χ1v) is 7.89. The summed E-state index contributed by atoms with van der Waals surface area (Å²) in [5.74, 6) is -0.576. The lowest BCUT2D eigenvalue weighted by Crippen LogP contribution is -2.33. The van der Waals surface area contributed by atoms with E-state index in [1.165, 1.54) is 12.1 Å². The van der Waals surface area contributed by atoms with Gasteiger partial charge in [0, 0.05) is 0 Å². The Labute approximate surface area is 114 Å². The molecule has 0 aromatic heterocycles. The Morgan fingerprint density at radius 1 is 1.21 bits per heavy atom. The van der Waals surface area contributed by atoms with Crippen molar-refractivity contribution in [1.82, 2.24) is 0 Å². The maximum absolute atomic E-state index is 12.5. The summed E-state index contributed by atoms with van der Waals surface area (Å²) in [4.78, 5) is 12.1. The predicted molar refractivity (Wildman–Crippen MR) is 73.5 cm³/mol. The maximum Gasteiger partial charge on any atom is 0.324 e. The Morgan fingerprint density at radius 2 is 1.79 bits per heavy atom. The van der Waals surface area contributed by atoms with Gasteiger partial charge in [0.15, 0.2) is 15.1 Å². The normalized spacial score (nSPS) is 13.3. The predicted octanol–water partition coefficient (Wildman–Crippen LogP) is 2.44. The van der Waals surface area contributed by atoms with E-state index in [0.717, 1.165) is 0 Å². The number of ether oxygens (including phenoxy) is 1. The van der Waals surface area contributed by atoms with Crippen LogP contribution >= 0.6 is 0 Å². The number of sulfone groups is 1. The highest BCUT2D eigenvalue weighted by Gasteiger charge is 2.35. The second-order valence-corrected chi connectivity index (χ2v) is 6.86. The van der Waals surface area contributed by atoms with Crippen LogP contribution in [0.5, 0.6) is 0 Å². The molecule has 0 bridgehead atoms. The summed E-state index contributed by atoms with van der Waals surface area (Å²) in [6.07, 6.45) is 0.260. The Balaban J connectivity index is 3.13. The molecule has 1 unspecified atom stereocenters. The molecule has 0 aliphatic carbocycles. The van der Waals surface area contributed by atoms with Crippen molar-refractivity contribution in [3.05, 3.63) is 30.3 Å². The van der Waals surface area contributed by atoms with Crippen molar-refractivity contribution in [3.63, 3.8) is 0 Å². The van der Waals surface area contributed by atoms with Gasteiger partial charge in [-0.2, -0.15) is 0 Å². The number of carbonyl (C=O) groups is 1. The van der Waals surface area contributed by atoms with E-state index >= 15 is 0 Å². The first kappa shape index (κ1) is 15.7. The van der Waals surface area contributed by atoms with Crippen molar-refractivity contribution in [2.75, 3.05) is 6.61 Å². The molecule has 0 amide bonds. The lowest BCUT2D eigenvalue weighted by Gasteiger charge is -2.18. The van der Waals surface area contributed by atoms with Crippen LogP contribution in [0, 0.1) is 5.92 Å². The molecule has 0 N–H and O–H groups in total. The van der Waals surface area contributed by atoms with E-state index in [-0.39, 0.29) is 23.8 Å². The average molecular weight is 284 g/mol. The number of hydrogen-bond donors (Lipinski definition) is 0. The van der Waals surface area contributed by atoms with Crippen LogP contribution in [0.1, 0.15) is 27.2 Å². The molecule has 0 heterocycles. The maximum atomic E-state index is 12.5. The van der Waals surface area contributed by atoms with Crippen LogP contribution in [0.4, 0.5) is 0 Å². The molecular formula is C14H20O4S. The molecule has 0 saturated carbocycles. The summed E-state index contributed by atoms with van der Waals surface area (Å²) in [6.45, 7) is 5.61. The zero-order valence-corrected chi connectivity index (χ0v) is 12.3. The minimum absolute atomic E-state index is 0.0906. The highest BCUT2D eigenvalue weighted by atomic mass is 32.2. The van der Waals surface area contributed by atoms with Crippen molar-refractivity contribution in [2.45, 2.75) is 37.3 Å². The fraction of sp³-hybridized carbons (Fsp3) is 0.500. The molecular weight excluding hydrogens is 264 g/mol. The summed E-state index contributed by atoms with van der Waals surface area (Å²) >= 11 is 0. The number of benzene rings is 1. The third-order valence-electron chi connectivity index (χ3n) is 2.68. The van der Waals surface area contributed by atoms with Gasteiger partial charge in [-0.15, -0.1) is 0 Å². The van der Waals surface area contributed by atoms with Gasteiger partial charge in [-0.05, 0) is 31.4 Å². The number of rotatable bonds is 6. The molecule has 4 nitrogen and oxygen atoms in total. The van der Waals surface area contributed by atoms with Gasteiger partial charge in [-0.3, -0.25) is 4.79 Å². The molecule has 0 aliphatic rings. The van der Waals surface area contributed by atoms with Gasteiger partial charge in [0.25, 0.3) is 0 Å². The highest BCUT2D eigenvalue weighted by Crippen LogP contribution is 2.22.